The minimum absolute atomic E-state index is 0.272. The normalized spacial score (nSPS) is 14.6. The fraction of sp³-hybridized carbons (Fsp3) is 0.400. The van der Waals surface area contributed by atoms with Crippen LogP contribution in [0.5, 0.6) is 0 Å². The van der Waals surface area contributed by atoms with Gasteiger partial charge in [0, 0.05) is 6.20 Å². The number of hydrogen-bond donors (Lipinski definition) is 2. The lowest BCUT2D eigenvalue weighted by Crippen LogP contribution is -2.20. The first-order valence-corrected chi connectivity index (χ1v) is 5.21. The number of hydrogen-bond acceptors (Lipinski definition) is 2. The molecule has 0 saturated carbocycles. The summed E-state index contributed by atoms with van der Waals surface area (Å²) >= 11 is 4.76. The quantitative estimate of drug-likeness (QED) is 0.687. The Morgan fingerprint density at radius 1 is 1.36 bits per heavy atom. The first-order valence-electron chi connectivity index (χ1n) is 4.80. The van der Waals surface area contributed by atoms with Crippen molar-refractivity contribution in [3.63, 3.8) is 0 Å². The number of nitrogens with one attached hydrogen (secondary N) is 1. The van der Waals surface area contributed by atoms with Crippen LogP contribution in [0.3, 0.4) is 0 Å². The maximum absolute atomic E-state index is 5.38. The lowest BCUT2D eigenvalue weighted by atomic mass is 9.93. The molecule has 1 aliphatic carbocycles. The third kappa shape index (κ3) is 2.01. The summed E-state index contributed by atoms with van der Waals surface area (Å²) in [6, 6.07) is 2.05. The molecule has 4 heteroatoms. The summed E-state index contributed by atoms with van der Waals surface area (Å²) in [4.78, 5) is 4.25. The van der Waals surface area contributed by atoms with Crippen LogP contribution in [0.2, 0.25) is 0 Å². The van der Waals surface area contributed by atoms with Gasteiger partial charge in [-0.05, 0) is 55.1 Å². The molecule has 1 heterocycles. The number of thiocarbonyl (C=S) groups is 1. The van der Waals surface area contributed by atoms with Crippen LogP contribution in [0.4, 0.5) is 5.82 Å². The molecule has 2 rings (SSSR count). The number of anilines is 1. The SMILES string of the molecule is NC(=S)Nc1cc2c(cn1)CCCC2. The van der Waals surface area contributed by atoms with E-state index in [2.05, 4.69) is 10.3 Å². The second kappa shape index (κ2) is 3.92. The highest BCUT2D eigenvalue weighted by Crippen LogP contribution is 2.22. The summed E-state index contributed by atoms with van der Waals surface area (Å²) in [5.41, 5.74) is 8.13. The molecular weight excluding hydrogens is 194 g/mol. The fourth-order valence-electron chi connectivity index (χ4n) is 1.81. The van der Waals surface area contributed by atoms with E-state index in [9.17, 15) is 0 Å². The van der Waals surface area contributed by atoms with Gasteiger partial charge in [-0.2, -0.15) is 0 Å². The van der Waals surface area contributed by atoms with Gasteiger partial charge in [0.2, 0.25) is 0 Å². The van der Waals surface area contributed by atoms with Crippen LogP contribution in [0.15, 0.2) is 12.3 Å². The summed E-state index contributed by atoms with van der Waals surface area (Å²) in [6.07, 6.45) is 6.76. The molecule has 3 nitrogen and oxygen atoms in total. The topological polar surface area (TPSA) is 50.9 Å². The second-order valence-corrected chi connectivity index (χ2v) is 3.97. The summed E-state index contributed by atoms with van der Waals surface area (Å²) in [7, 11) is 0. The standard InChI is InChI=1S/C10H13N3S/c11-10(14)13-9-5-7-3-1-2-4-8(7)6-12-9/h5-6H,1-4H2,(H3,11,12,13,14). The molecule has 0 bridgehead atoms. The van der Waals surface area contributed by atoms with Gasteiger partial charge in [-0.1, -0.05) is 0 Å². The van der Waals surface area contributed by atoms with Crippen molar-refractivity contribution in [1.29, 1.82) is 0 Å². The maximum atomic E-state index is 5.38. The van der Waals surface area contributed by atoms with Crippen LogP contribution < -0.4 is 11.1 Å². The van der Waals surface area contributed by atoms with E-state index in [-0.39, 0.29) is 5.11 Å². The molecule has 0 radical (unpaired) electrons. The zero-order valence-electron chi connectivity index (χ0n) is 7.92. The highest BCUT2D eigenvalue weighted by Gasteiger charge is 2.10. The Balaban J connectivity index is 2.24. The van der Waals surface area contributed by atoms with Crippen molar-refractivity contribution in [2.45, 2.75) is 25.7 Å². The molecule has 1 aromatic heterocycles. The third-order valence-corrected chi connectivity index (χ3v) is 2.58. The van der Waals surface area contributed by atoms with Crippen LogP contribution in [-0.4, -0.2) is 10.1 Å². The minimum atomic E-state index is 0.272. The Labute approximate surface area is 88.7 Å². The van der Waals surface area contributed by atoms with Gasteiger partial charge in [0.15, 0.2) is 5.11 Å². The van der Waals surface area contributed by atoms with Crippen molar-refractivity contribution in [2.24, 2.45) is 5.73 Å². The molecule has 0 aliphatic heterocycles. The molecule has 74 valence electrons. The van der Waals surface area contributed by atoms with Gasteiger partial charge in [0.25, 0.3) is 0 Å². The molecule has 0 saturated heterocycles. The van der Waals surface area contributed by atoms with Crippen molar-refractivity contribution in [3.8, 4) is 0 Å². The minimum Gasteiger partial charge on any atom is -0.376 e. The Hall–Kier alpha value is -1.16. The smallest absolute Gasteiger partial charge is 0.169 e. The maximum Gasteiger partial charge on any atom is 0.169 e. The lowest BCUT2D eigenvalue weighted by molar-refractivity contribution is 0.682. The van der Waals surface area contributed by atoms with Gasteiger partial charge < -0.3 is 11.1 Å². The third-order valence-electron chi connectivity index (χ3n) is 2.48. The highest BCUT2D eigenvalue weighted by molar-refractivity contribution is 7.80. The lowest BCUT2D eigenvalue weighted by Gasteiger charge is -2.15. The van der Waals surface area contributed by atoms with E-state index in [1.54, 1.807) is 0 Å². The summed E-state index contributed by atoms with van der Waals surface area (Å²) in [5, 5.41) is 3.12. The molecule has 14 heavy (non-hydrogen) atoms. The zero-order chi connectivity index (χ0) is 9.97. The van der Waals surface area contributed by atoms with Gasteiger partial charge in [0.1, 0.15) is 5.82 Å². The van der Waals surface area contributed by atoms with Crippen molar-refractivity contribution >= 4 is 23.1 Å². The predicted octanol–water partition coefficient (Wildman–Crippen LogP) is 1.62. The summed E-state index contributed by atoms with van der Waals surface area (Å²) < 4.78 is 0. The fourth-order valence-corrected chi connectivity index (χ4v) is 1.91. The number of pyridine rings is 1. The van der Waals surface area contributed by atoms with Crippen LogP contribution in [0.1, 0.15) is 24.0 Å². The van der Waals surface area contributed by atoms with Gasteiger partial charge >= 0.3 is 0 Å². The average molecular weight is 207 g/mol. The summed E-state index contributed by atoms with van der Waals surface area (Å²) in [5.74, 6) is 0.762. The Bertz CT molecular complexity index is 362. The van der Waals surface area contributed by atoms with E-state index in [4.69, 9.17) is 18.0 Å². The van der Waals surface area contributed by atoms with Crippen molar-refractivity contribution in [3.05, 3.63) is 23.4 Å². The molecule has 0 spiro atoms. The van der Waals surface area contributed by atoms with Crippen molar-refractivity contribution in [1.82, 2.24) is 4.98 Å². The number of fused-ring (bicyclic) bond motifs is 1. The van der Waals surface area contributed by atoms with Crippen LogP contribution >= 0.6 is 12.2 Å². The molecule has 1 aliphatic rings. The van der Waals surface area contributed by atoms with E-state index in [1.165, 1.54) is 24.0 Å². The zero-order valence-corrected chi connectivity index (χ0v) is 8.73. The summed E-state index contributed by atoms with van der Waals surface area (Å²) in [6.45, 7) is 0. The average Bonchev–Trinajstić information content (AvgIpc) is 2.17. The Morgan fingerprint density at radius 3 is 2.79 bits per heavy atom. The van der Waals surface area contributed by atoms with E-state index < -0.39 is 0 Å². The molecule has 0 unspecified atom stereocenters. The van der Waals surface area contributed by atoms with E-state index in [0.717, 1.165) is 18.7 Å². The molecular formula is C10H13N3S. The van der Waals surface area contributed by atoms with E-state index >= 15 is 0 Å². The van der Waals surface area contributed by atoms with Gasteiger partial charge in [0.05, 0.1) is 0 Å². The molecule has 0 aromatic carbocycles. The van der Waals surface area contributed by atoms with Gasteiger partial charge in [-0.25, -0.2) is 4.98 Å². The van der Waals surface area contributed by atoms with Crippen LogP contribution in [0, 0.1) is 0 Å². The largest absolute Gasteiger partial charge is 0.376 e. The number of rotatable bonds is 1. The number of aryl methyl sites for hydroxylation is 2. The first-order chi connectivity index (χ1) is 6.75. The van der Waals surface area contributed by atoms with Gasteiger partial charge in [-0.15, -0.1) is 0 Å². The molecule has 3 N–H and O–H groups in total. The number of nitrogens with two attached hydrogens (primary N) is 1. The molecule has 0 amide bonds. The van der Waals surface area contributed by atoms with E-state index in [1.807, 2.05) is 12.3 Å². The van der Waals surface area contributed by atoms with Crippen LogP contribution in [0.25, 0.3) is 0 Å². The first kappa shape index (κ1) is 9.40. The van der Waals surface area contributed by atoms with Crippen molar-refractivity contribution in [2.75, 3.05) is 5.32 Å². The second-order valence-electron chi connectivity index (χ2n) is 3.53. The number of aromatic nitrogens is 1. The van der Waals surface area contributed by atoms with Crippen molar-refractivity contribution < 1.29 is 0 Å². The molecule has 1 aromatic rings. The Morgan fingerprint density at radius 2 is 2.07 bits per heavy atom. The van der Waals surface area contributed by atoms with Crippen LogP contribution in [-0.2, 0) is 12.8 Å². The predicted molar refractivity (Wildman–Crippen MR) is 61.3 cm³/mol. The molecule has 0 atom stereocenters. The van der Waals surface area contributed by atoms with Gasteiger partial charge in [-0.3, -0.25) is 0 Å². The van der Waals surface area contributed by atoms with E-state index in [0.29, 0.717) is 0 Å². The number of nitrogens with zero attached hydrogens (tertiary/aromatic N) is 1. The Kier molecular flexibility index (Phi) is 2.63. The monoisotopic (exact) mass is 207 g/mol. The highest BCUT2D eigenvalue weighted by atomic mass is 32.1. The molecule has 0 fully saturated rings.